The van der Waals surface area contributed by atoms with Crippen molar-refractivity contribution in [3.8, 4) is 23.0 Å². The Morgan fingerprint density at radius 3 is 2.55 bits per heavy atom. The van der Waals surface area contributed by atoms with Crippen LogP contribution in [0.25, 0.3) is 0 Å². The highest BCUT2D eigenvalue weighted by Gasteiger charge is 2.11. The molecule has 0 saturated heterocycles. The van der Waals surface area contributed by atoms with Crippen molar-refractivity contribution in [1.82, 2.24) is 5.43 Å². The molecule has 0 aliphatic carbocycles. The summed E-state index contributed by atoms with van der Waals surface area (Å²) in [4.78, 5) is 12.1. The summed E-state index contributed by atoms with van der Waals surface area (Å²) in [5, 5.41) is 23.0. The van der Waals surface area contributed by atoms with Gasteiger partial charge >= 0.3 is 0 Å². The first kappa shape index (κ1) is 21.6. The molecule has 0 heterocycles. The predicted octanol–water partition coefficient (Wildman–Crippen LogP) is 3.98. The Hall–Kier alpha value is -4.07. The molecule has 160 valence electrons. The van der Waals surface area contributed by atoms with Gasteiger partial charge in [-0.05, 0) is 66.6 Å². The normalized spacial score (nSPS) is 10.8. The molecule has 0 aliphatic rings. The van der Waals surface area contributed by atoms with Crippen molar-refractivity contribution in [2.24, 2.45) is 5.10 Å². The van der Waals surface area contributed by atoms with Crippen LogP contribution in [-0.2, 0) is 6.61 Å². The largest absolute Gasteiger partial charge is 0.508 e. The number of nitrogens with zero attached hydrogens (tertiary/aromatic N) is 1. The van der Waals surface area contributed by atoms with Crippen LogP contribution >= 0.6 is 0 Å². The fraction of sp³-hybridized carbons (Fsp3) is 0.130. The second kappa shape index (κ2) is 10.1. The maximum absolute atomic E-state index is 13.0. The van der Waals surface area contributed by atoms with E-state index in [1.807, 2.05) is 6.92 Å². The minimum absolute atomic E-state index is 0.100. The Labute approximate surface area is 178 Å². The van der Waals surface area contributed by atoms with Gasteiger partial charge in [0.25, 0.3) is 5.91 Å². The van der Waals surface area contributed by atoms with E-state index in [0.29, 0.717) is 23.7 Å². The molecule has 31 heavy (non-hydrogen) atoms. The number of hydrazone groups is 1. The highest BCUT2D eigenvalue weighted by Crippen LogP contribution is 2.29. The number of amides is 1. The maximum Gasteiger partial charge on any atom is 0.275 e. The molecule has 0 aliphatic heterocycles. The Bertz CT molecular complexity index is 1080. The maximum atomic E-state index is 13.0. The number of phenolic OH excluding ortho intramolecular Hbond substituents is 2. The van der Waals surface area contributed by atoms with Crippen LogP contribution in [0.3, 0.4) is 0 Å². The molecule has 3 N–H and O–H groups in total. The Kier molecular flexibility index (Phi) is 7.05. The predicted molar refractivity (Wildman–Crippen MR) is 113 cm³/mol. The third-order valence-electron chi connectivity index (χ3n) is 4.18. The minimum atomic E-state index is -0.672. The first-order valence-corrected chi connectivity index (χ1v) is 9.45. The number of ether oxygens (including phenoxy) is 2. The highest BCUT2D eigenvalue weighted by atomic mass is 19.1. The summed E-state index contributed by atoms with van der Waals surface area (Å²) in [7, 11) is 0. The third-order valence-corrected chi connectivity index (χ3v) is 4.18. The monoisotopic (exact) mass is 424 g/mol. The lowest BCUT2D eigenvalue weighted by Crippen LogP contribution is -2.17. The lowest BCUT2D eigenvalue weighted by molar-refractivity contribution is 0.0952. The van der Waals surface area contributed by atoms with Crippen molar-refractivity contribution < 1.29 is 28.9 Å². The molecular weight excluding hydrogens is 403 g/mol. The van der Waals surface area contributed by atoms with Crippen LogP contribution in [0.2, 0.25) is 0 Å². The van der Waals surface area contributed by atoms with Crippen LogP contribution in [0.4, 0.5) is 4.39 Å². The summed E-state index contributed by atoms with van der Waals surface area (Å²) in [5.41, 5.74) is 3.64. The van der Waals surface area contributed by atoms with E-state index in [1.165, 1.54) is 30.5 Å². The molecule has 1 amide bonds. The van der Waals surface area contributed by atoms with Crippen molar-refractivity contribution in [2.75, 3.05) is 6.61 Å². The molecule has 7 nitrogen and oxygen atoms in total. The summed E-state index contributed by atoms with van der Waals surface area (Å²) < 4.78 is 24.4. The van der Waals surface area contributed by atoms with Gasteiger partial charge in [-0.15, -0.1) is 0 Å². The quantitative estimate of drug-likeness (QED) is 0.289. The zero-order chi connectivity index (χ0) is 22.2. The standard InChI is InChI=1S/C23H21FN2O5/c1-2-30-22-11-16(5-10-21(22)31-14-15-3-6-17(24)7-4-15)13-25-26-23(29)19-12-18(27)8-9-20(19)28/h3-13,27-28H,2,14H2,1H3,(H,26,29)/b25-13-. The molecule has 8 heteroatoms. The van der Waals surface area contributed by atoms with Gasteiger partial charge in [0.05, 0.1) is 18.4 Å². The summed E-state index contributed by atoms with van der Waals surface area (Å²) >= 11 is 0. The van der Waals surface area contributed by atoms with E-state index in [2.05, 4.69) is 10.5 Å². The van der Waals surface area contributed by atoms with Crippen LogP contribution in [0.1, 0.15) is 28.4 Å². The van der Waals surface area contributed by atoms with Gasteiger partial charge in [0.2, 0.25) is 0 Å². The number of hydrogen-bond donors (Lipinski definition) is 3. The summed E-state index contributed by atoms with van der Waals surface area (Å²) in [6, 6.07) is 14.8. The number of carbonyl (C=O) groups excluding carboxylic acids is 1. The Morgan fingerprint density at radius 1 is 1.03 bits per heavy atom. The van der Waals surface area contributed by atoms with E-state index in [4.69, 9.17) is 9.47 Å². The van der Waals surface area contributed by atoms with Gasteiger partial charge in [-0.2, -0.15) is 5.10 Å². The number of carbonyl (C=O) groups is 1. The summed E-state index contributed by atoms with van der Waals surface area (Å²) in [6.45, 7) is 2.50. The number of rotatable bonds is 8. The first-order valence-electron chi connectivity index (χ1n) is 9.45. The number of benzene rings is 3. The van der Waals surface area contributed by atoms with Gasteiger partial charge in [0.15, 0.2) is 11.5 Å². The first-order chi connectivity index (χ1) is 15.0. The fourth-order valence-electron chi connectivity index (χ4n) is 2.67. The van der Waals surface area contributed by atoms with Crippen molar-refractivity contribution in [1.29, 1.82) is 0 Å². The Balaban J connectivity index is 1.67. The number of phenols is 2. The second-order valence-corrected chi connectivity index (χ2v) is 6.45. The molecule has 0 spiro atoms. The molecule has 0 atom stereocenters. The van der Waals surface area contributed by atoms with E-state index in [1.54, 1.807) is 30.3 Å². The van der Waals surface area contributed by atoms with Crippen LogP contribution in [0.15, 0.2) is 65.8 Å². The van der Waals surface area contributed by atoms with Gasteiger partial charge < -0.3 is 19.7 Å². The van der Waals surface area contributed by atoms with Gasteiger partial charge in [0.1, 0.15) is 23.9 Å². The van der Waals surface area contributed by atoms with Gasteiger partial charge in [0, 0.05) is 0 Å². The molecule has 0 unspecified atom stereocenters. The zero-order valence-corrected chi connectivity index (χ0v) is 16.7. The molecule has 3 rings (SSSR count). The van der Waals surface area contributed by atoms with Crippen LogP contribution in [-0.4, -0.2) is 28.9 Å². The van der Waals surface area contributed by atoms with E-state index < -0.39 is 5.91 Å². The molecule has 3 aromatic carbocycles. The van der Waals surface area contributed by atoms with Crippen LogP contribution in [0.5, 0.6) is 23.0 Å². The highest BCUT2D eigenvalue weighted by molar-refractivity contribution is 5.97. The molecule has 0 saturated carbocycles. The SMILES string of the molecule is CCOc1cc(/C=N\NC(=O)c2cc(O)ccc2O)ccc1OCc1ccc(F)cc1. The molecule has 0 fully saturated rings. The van der Waals surface area contributed by atoms with Crippen molar-refractivity contribution >= 4 is 12.1 Å². The third kappa shape index (κ3) is 5.96. The zero-order valence-electron chi connectivity index (χ0n) is 16.7. The molecule has 0 aromatic heterocycles. The van der Waals surface area contributed by atoms with Gasteiger partial charge in [-0.1, -0.05) is 12.1 Å². The van der Waals surface area contributed by atoms with Crippen molar-refractivity contribution in [3.05, 3.63) is 83.2 Å². The topological polar surface area (TPSA) is 100 Å². The molecule has 0 radical (unpaired) electrons. The lowest BCUT2D eigenvalue weighted by Gasteiger charge is -2.12. The minimum Gasteiger partial charge on any atom is -0.508 e. The number of halogens is 1. The fourth-order valence-corrected chi connectivity index (χ4v) is 2.67. The van der Waals surface area contributed by atoms with Crippen molar-refractivity contribution in [3.63, 3.8) is 0 Å². The van der Waals surface area contributed by atoms with Crippen molar-refractivity contribution in [2.45, 2.75) is 13.5 Å². The van der Waals surface area contributed by atoms with Gasteiger partial charge in [-0.25, -0.2) is 9.82 Å². The van der Waals surface area contributed by atoms with Crippen LogP contribution < -0.4 is 14.9 Å². The lowest BCUT2D eigenvalue weighted by atomic mass is 10.2. The van der Waals surface area contributed by atoms with Crippen LogP contribution in [0, 0.1) is 5.82 Å². The molecule has 3 aromatic rings. The van der Waals surface area contributed by atoms with E-state index in [0.717, 1.165) is 11.6 Å². The number of hydrogen-bond acceptors (Lipinski definition) is 6. The second-order valence-electron chi connectivity index (χ2n) is 6.45. The molecular formula is C23H21FN2O5. The van der Waals surface area contributed by atoms with E-state index >= 15 is 0 Å². The summed E-state index contributed by atoms with van der Waals surface area (Å²) in [5.74, 6) is -0.401. The van der Waals surface area contributed by atoms with Gasteiger partial charge in [-0.3, -0.25) is 4.79 Å². The van der Waals surface area contributed by atoms with E-state index in [9.17, 15) is 19.4 Å². The van der Waals surface area contributed by atoms with E-state index in [-0.39, 0.29) is 29.5 Å². The number of aromatic hydroxyl groups is 2. The number of nitrogens with one attached hydrogen (secondary N) is 1. The smallest absolute Gasteiger partial charge is 0.275 e. The Morgan fingerprint density at radius 2 is 1.81 bits per heavy atom. The average molecular weight is 424 g/mol. The molecule has 0 bridgehead atoms. The summed E-state index contributed by atoms with van der Waals surface area (Å²) in [6.07, 6.45) is 1.41. The average Bonchev–Trinajstić information content (AvgIpc) is 2.76.